The zero-order valence-electron chi connectivity index (χ0n) is 15.5. The normalized spacial score (nSPS) is 16.7. The molecule has 1 N–H and O–H groups in total. The Morgan fingerprint density at radius 1 is 1.11 bits per heavy atom. The smallest absolute Gasteiger partial charge is 0.261 e. The summed E-state index contributed by atoms with van der Waals surface area (Å²) in [7, 11) is 0. The Labute approximate surface area is 163 Å². The molecule has 0 aromatic heterocycles. The second-order valence-corrected chi connectivity index (χ2v) is 7.02. The fourth-order valence-corrected chi connectivity index (χ4v) is 3.59. The number of hydrogen-bond acceptors (Lipinski definition) is 5. The van der Waals surface area contributed by atoms with Gasteiger partial charge in [-0.05, 0) is 30.9 Å². The third-order valence-corrected chi connectivity index (χ3v) is 5.22. The molecule has 0 bridgehead atoms. The summed E-state index contributed by atoms with van der Waals surface area (Å²) in [5, 5.41) is 11.2. The highest BCUT2D eigenvalue weighted by Crippen LogP contribution is 2.23. The van der Waals surface area contributed by atoms with Gasteiger partial charge in [-0.1, -0.05) is 12.1 Å². The van der Waals surface area contributed by atoms with E-state index >= 15 is 0 Å². The molecule has 8 heteroatoms. The van der Waals surface area contributed by atoms with Gasteiger partial charge in [0.15, 0.2) is 0 Å². The molecule has 0 unspecified atom stereocenters. The number of piperidine rings is 1. The standard InChI is InChI=1S/C20H22N4O4/c21-9-5-17(25)22-13-14-6-10-23(11-7-14)18(26)8-12-24-19(27)15-3-1-2-4-16(15)20(24)28/h1-4,14H,5-8,10-13H2,(H,22,25). The SMILES string of the molecule is N#CCC(=O)NCC1CCN(C(=O)CCN2C(=O)c3ccccc3C2=O)CC1. The maximum Gasteiger partial charge on any atom is 0.261 e. The van der Waals surface area contributed by atoms with Gasteiger partial charge in [0.2, 0.25) is 11.8 Å². The van der Waals surface area contributed by atoms with Crippen LogP contribution in [0.2, 0.25) is 0 Å². The topological polar surface area (TPSA) is 111 Å². The number of likely N-dealkylation sites (tertiary alicyclic amines) is 1. The lowest BCUT2D eigenvalue weighted by Gasteiger charge is -2.32. The van der Waals surface area contributed by atoms with E-state index < -0.39 is 0 Å². The van der Waals surface area contributed by atoms with E-state index in [0.29, 0.717) is 30.8 Å². The number of fused-ring (bicyclic) bond motifs is 1. The number of imide groups is 1. The van der Waals surface area contributed by atoms with Crippen LogP contribution in [0.5, 0.6) is 0 Å². The molecule has 146 valence electrons. The lowest BCUT2D eigenvalue weighted by molar-refractivity contribution is -0.132. The Morgan fingerprint density at radius 2 is 1.71 bits per heavy atom. The van der Waals surface area contributed by atoms with E-state index in [-0.39, 0.29) is 48.9 Å². The molecule has 1 aromatic carbocycles. The molecule has 0 aliphatic carbocycles. The van der Waals surface area contributed by atoms with E-state index in [9.17, 15) is 19.2 Å². The zero-order chi connectivity index (χ0) is 20.1. The minimum absolute atomic E-state index is 0.0787. The quantitative estimate of drug-likeness (QED) is 0.736. The molecular weight excluding hydrogens is 360 g/mol. The van der Waals surface area contributed by atoms with Crippen LogP contribution >= 0.6 is 0 Å². The van der Waals surface area contributed by atoms with Crippen LogP contribution in [0.3, 0.4) is 0 Å². The van der Waals surface area contributed by atoms with Crippen molar-refractivity contribution in [3.63, 3.8) is 0 Å². The predicted octanol–water partition coefficient (Wildman–Crippen LogP) is 0.941. The molecule has 2 aliphatic heterocycles. The third kappa shape index (κ3) is 4.19. The molecule has 2 heterocycles. The number of carbonyl (C=O) groups excluding carboxylic acids is 4. The van der Waals surface area contributed by atoms with Gasteiger partial charge in [-0.2, -0.15) is 5.26 Å². The molecule has 3 rings (SSSR count). The number of benzene rings is 1. The average molecular weight is 382 g/mol. The molecule has 1 saturated heterocycles. The van der Waals surface area contributed by atoms with Gasteiger partial charge in [0.1, 0.15) is 6.42 Å². The minimum atomic E-state index is -0.347. The molecule has 0 atom stereocenters. The van der Waals surface area contributed by atoms with E-state index in [1.807, 2.05) is 6.07 Å². The first-order chi connectivity index (χ1) is 13.5. The first kappa shape index (κ1) is 19.5. The predicted molar refractivity (Wildman–Crippen MR) is 99.0 cm³/mol. The van der Waals surface area contributed by atoms with E-state index in [1.165, 1.54) is 0 Å². The number of rotatable bonds is 6. The summed E-state index contributed by atoms with van der Waals surface area (Å²) in [6, 6.07) is 8.48. The molecule has 0 saturated carbocycles. The van der Waals surface area contributed by atoms with Crippen molar-refractivity contribution in [1.82, 2.24) is 15.1 Å². The van der Waals surface area contributed by atoms with E-state index in [4.69, 9.17) is 5.26 Å². The summed E-state index contributed by atoms with van der Waals surface area (Å²) in [5.41, 5.74) is 0.776. The average Bonchev–Trinajstić information content (AvgIpc) is 2.96. The fraction of sp³-hybridized carbons (Fsp3) is 0.450. The Morgan fingerprint density at radius 3 is 2.29 bits per heavy atom. The number of nitrogens with zero attached hydrogens (tertiary/aromatic N) is 3. The van der Waals surface area contributed by atoms with Gasteiger partial charge in [-0.25, -0.2) is 0 Å². The van der Waals surface area contributed by atoms with Crippen LogP contribution in [-0.2, 0) is 9.59 Å². The molecule has 0 spiro atoms. The number of nitrogens with one attached hydrogen (secondary N) is 1. The first-order valence-corrected chi connectivity index (χ1v) is 9.38. The van der Waals surface area contributed by atoms with Gasteiger partial charge in [0.05, 0.1) is 17.2 Å². The van der Waals surface area contributed by atoms with E-state index in [1.54, 1.807) is 29.2 Å². The van der Waals surface area contributed by atoms with Crippen molar-refractivity contribution in [2.24, 2.45) is 5.92 Å². The van der Waals surface area contributed by atoms with Crippen molar-refractivity contribution in [2.75, 3.05) is 26.2 Å². The summed E-state index contributed by atoms with van der Waals surface area (Å²) >= 11 is 0. The van der Waals surface area contributed by atoms with Crippen LogP contribution < -0.4 is 5.32 Å². The summed E-state index contributed by atoms with van der Waals surface area (Å²) in [5.74, 6) is -0.770. The zero-order valence-corrected chi connectivity index (χ0v) is 15.5. The molecule has 8 nitrogen and oxygen atoms in total. The number of carbonyl (C=O) groups is 4. The highest BCUT2D eigenvalue weighted by atomic mass is 16.2. The summed E-state index contributed by atoms with van der Waals surface area (Å²) in [6.07, 6.45) is 1.50. The van der Waals surface area contributed by atoms with Crippen molar-refractivity contribution >= 4 is 23.6 Å². The number of hydrogen-bond donors (Lipinski definition) is 1. The van der Waals surface area contributed by atoms with Gasteiger partial charge >= 0.3 is 0 Å². The molecule has 0 radical (unpaired) electrons. The van der Waals surface area contributed by atoms with Crippen LogP contribution in [0, 0.1) is 17.2 Å². The highest BCUT2D eigenvalue weighted by Gasteiger charge is 2.35. The molecular formula is C20H22N4O4. The van der Waals surface area contributed by atoms with Gasteiger partial charge in [-0.3, -0.25) is 24.1 Å². The van der Waals surface area contributed by atoms with Gasteiger partial charge in [0, 0.05) is 32.6 Å². The Hall–Kier alpha value is -3.21. The minimum Gasteiger partial charge on any atom is -0.355 e. The van der Waals surface area contributed by atoms with E-state index in [2.05, 4.69) is 5.32 Å². The van der Waals surface area contributed by atoms with Gasteiger partial charge in [0.25, 0.3) is 11.8 Å². The summed E-state index contributed by atoms with van der Waals surface area (Å²) in [6.45, 7) is 1.76. The maximum atomic E-state index is 12.5. The second kappa shape index (κ2) is 8.65. The van der Waals surface area contributed by atoms with Crippen molar-refractivity contribution < 1.29 is 19.2 Å². The lowest BCUT2D eigenvalue weighted by Crippen LogP contribution is -2.43. The van der Waals surface area contributed by atoms with Gasteiger partial charge in [-0.15, -0.1) is 0 Å². The highest BCUT2D eigenvalue weighted by molar-refractivity contribution is 6.21. The largest absolute Gasteiger partial charge is 0.355 e. The van der Waals surface area contributed by atoms with Crippen LogP contribution in [-0.4, -0.2) is 59.6 Å². The molecule has 28 heavy (non-hydrogen) atoms. The van der Waals surface area contributed by atoms with Gasteiger partial charge < -0.3 is 10.2 Å². The first-order valence-electron chi connectivity index (χ1n) is 9.38. The Bertz CT molecular complexity index is 802. The monoisotopic (exact) mass is 382 g/mol. The fourth-order valence-electron chi connectivity index (χ4n) is 3.59. The molecule has 4 amide bonds. The molecule has 1 aromatic rings. The van der Waals surface area contributed by atoms with Crippen LogP contribution in [0.25, 0.3) is 0 Å². The van der Waals surface area contributed by atoms with Crippen LogP contribution in [0.1, 0.15) is 46.4 Å². The number of nitriles is 1. The summed E-state index contributed by atoms with van der Waals surface area (Å²) in [4.78, 5) is 51.4. The van der Waals surface area contributed by atoms with Crippen LogP contribution in [0.15, 0.2) is 24.3 Å². The molecule has 2 aliphatic rings. The number of amides is 4. The van der Waals surface area contributed by atoms with Crippen LogP contribution in [0.4, 0.5) is 0 Å². The molecule has 1 fully saturated rings. The van der Waals surface area contributed by atoms with Crippen molar-refractivity contribution in [3.05, 3.63) is 35.4 Å². The second-order valence-electron chi connectivity index (χ2n) is 7.02. The lowest BCUT2D eigenvalue weighted by atomic mass is 9.96. The Balaban J connectivity index is 1.43. The Kier molecular flexibility index (Phi) is 6.04. The third-order valence-electron chi connectivity index (χ3n) is 5.22. The van der Waals surface area contributed by atoms with Crippen molar-refractivity contribution in [1.29, 1.82) is 5.26 Å². The van der Waals surface area contributed by atoms with E-state index in [0.717, 1.165) is 17.7 Å². The maximum absolute atomic E-state index is 12.5. The van der Waals surface area contributed by atoms with Crippen molar-refractivity contribution in [2.45, 2.75) is 25.7 Å². The summed E-state index contributed by atoms with van der Waals surface area (Å²) < 4.78 is 0. The van der Waals surface area contributed by atoms with Crippen molar-refractivity contribution in [3.8, 4) is 6.07 Å².